The van der Waals surface area contributed by atoms with Crippen LogP contribution in [-0.2, 0) is 4.74 Å². The molecule has 128 valence electrons. The molecule has 1 fully saturated rings. The Morgan fingerprint density at radius 2 is 2.04 bits per heavy atom. The molecule has 2 N–H and O–H groups in total. The molecule has 0 atom stereocenters. The van der Waals surface area contributed by atoms with Crippen molar-refractivity contribution in [3.05, 3.63) is 23.2 Å². The maximum atomic E-state index is 12.0. The predicted molar refractivity (Wildman–Crippen MR) is 92.1 cm³/mol. The summed E-state index contributed by atoms with van der Waals surface area (Å²) in [5.41, 5.74) is 0.440. The molecule has 6 heteroatoms. The Hall–Kier alpha value is -1.62. The van der Waals surface area contributed by atoms with Crippen molar-refractivity contribution in [2.24, 2.45) is 5.92 Å². The summed E-state index contributed by atoms with van der Waals surface area (Å²) in [5, 5.41) is 13.1. The Kier molecular flexibility index (Phi) is 5.63. The van der Waals surface area contributed by atoms with E-state index in [0.717, 1.165) is 38.2 Å². The number of phenols is 1. The Morgan fingerprint density at radius 1 is 1.39 bits per heavy atom. The molecule has 1 amide bonds. The van der Waals surface area contributed by atoms with Crippen LogP contribution in [0.3, 0.4) is 0 Å². The number of hydrogen-bond donors (Lipinski definition) is 2. The molecule has 0 aromatic heterocycles. The number of likely N-dealkylation sites (tertiary alicyclic amines) is 1. The van der Waals surface area contributed by atoms with Crippen molar-refractivity contribution in [3.63, 3.8) is 0 Å². The molecule has 0 unspecified atom stereocenters. The number of amides is 1. The molecule has 5 nitrogen and oxygen atoms in total. The van der Waals surface area contributed by atoms with Crippen LogP contribution in [0.5, 0.6) is 5.75 Å². The first kappa shape index (κ1) is 17.7. The van der Waals surface area contributed by atoms with Gasteiger partial charge in [-0.3, -0.25) is 0 Å². The molecule has 2 rings (SSSR count). The predicted octanol–water partition coefficient (Wildman–Crippen LogP) is 4.10. The number of halogens is 1. The monoisotopic (exact) mass is 340 g/mol. The number of hydrogen-bond acceptors (Lipinski definition) is 4. The minimum atomic E-state index is -0.451. The highest BCUT2D eigenvalue weighted by molar-refractivity contribution is 6.32. The molecule has 0 aliphatic carbocycles. The molecule has 1 aliphatic heterocycles. The van der Waals surface area contributed by atoms with Crippen LogP contribution in [0.15, 0.2) is 18.2 Å². The van der Waals surface area contributed by atoms with Crippen LogP contribution < -0.4 is 5.32 Å². The molecule has 23 heavy (non-hydrogen) atoms. The quantitative estimate of drug-likeness (QED) is 0.813. The van der Waals surface area contributed by atoms with Crippen molar-refractivity contribution in [2.45, 2.75) is 39.2 Å². The lowest BCUT2D eigenvalue weighted by atomic mass is 9.97. The second-order valence-electron chi connectivity index (χ2n) is 6.96. The summed E-state index contributed by atoms with van der Waals surface area (Å²) < 4.78 is 5.40. The van der Waals surface area contributed by atoms with Gasteiger partial charge in [0.2, 0.25) is 0 Å². The van der Waals surface area contributed by atoms with Crippen LogP contribution in [-0.4, -0.2) is 41.3 Å². The van der Waals surface area contributed by atoms with Gasteiger partial charge in [-0.25, -0.2) is 4.79 Å². The molecule has 0 bridgehead atoms. The van der Waals surface area contributed by atoms with E-state index in [1.165, 1.54) is 0 Å². The zero-order valence-electron chi connectivity index (χ0n) is 13.9. The van der Waals surface area contributed by atoms with Gasteiger partial charge in [0.25, 0.3) is 0 Å². The fourth-order valence-corrected chi connectivity index (χ4v) is 2.71. The first-order valence-corrected chi connectivity index (χ1v) is 8.33. The van der Waals surface area contributed by atoms with E-state index in [1.807, 2.05) is 20.8 Å². The summed E-state index contributed by atoms with van der Waals surface area (Å²) in [5.74, 6) is 0.587. The zero-order valence-corrected chi connectivity index (χ0v) is 14.7. The van der Waals surface area contributed by atoms with Crippen molar-refractivity contribution in [1.82, 2.24) is 4.90 Å². The number of anilines is 1. The first-order valence-electron chi connectivity index (χ1n) is 7.95. The SMILES string of the molecule is CC(C)(C)OC(=O)N1CCC(CNc2ccc(O)c(Cl)c2)CC1. The van der Waals surface area contributed by atoms with Gasteiger partial charge >= 0.3 is 6.09 Å². The number of carbonyl (C=O) groups excluding carboxylic acids is 1. The van der Waals surface area contributed by atoms with Gasteiger partial charge in [0, 0.05) is 25.3 Å². The molecule has 1 aliphatic rings. The van der Waals surface area contributed by atoms with E-state index in [2.05, 4.69) is 5.32 Å². The van der Waals surface area contributed by atoms with E-state index in [4.69, 9.17) is 16.3 Å². The molecule has 0 saturated carbocycles. The van der Waals surface area contributed by atoms with Gasteiger partial charge in [0.05, 0.1) is 5.02 Å². The van der Waals surface area contributed by atoms with Gasteiger partial charge < -0.3 is 20.1 Å². The highest BCUT2D eigenvalue weighted by Gasteiger charge is 2.26. The van der Waals surface area contributed by atoms with E-state index in [1.54, 1.807) is 23.1 Å². The molecular formula is C17H25ClN2O3. The lowest BCUT2D eigenvalue weighted by molar-refractivity contribution is 0.0188. The zero-order chi connectivity index (χ0) is 17.0. The maximum absolute atomic E-state index is 12.0. The molecule has 1 aromatic carbocycles. The van der Waals surface area contributed by atoms with Crippen molar-refractivity contribution >= 4 is 23.4 Å². The third kappa shape index (κ3) is 5.50. The molecule has 1 saturated heterocycles. The van der Waals surface area contributed by atoms with Crippen LogP contribution in [0.25, 0.3) is 0 Å². The second kappa shape index (κ2) is 7.30. The number of rotatable bonds is 3. The van der Waals surface area contributed by atoms with E-state index in [9.17, 15) is 9.90 Å². The van der Waals surface area contributed by atoms with Crippen molar-refractivity contribution < 1.29 is 14.6 Å². The number of nitrogens with zero attached hydrogens (tertiary/aromatic N) is 1. The number of benzene rings is 1. The number of phenolic OH excluding ortho intramolecular Hbond substituents is 1. The minimum Gasteiger partial charge on any atom is -0.506 e. The van der Waals surface area contributed by atoms with Crippen LogP contribution >= 0.6 is 11.6 Å². The average molecular weight is 341 g/mol. The van der Waals surface area contributed by atoms with E-state index in [0.29, 0.717) is 10.9 Å². The third-order valence-corrected chi connectivity index (χ3v) is 4.11. The molecule has 0 radical (unpaired) electrons. The highest BCUT2D eigenvalue weighted by Crippen LogP contribution is 2.27. The van der Waals surface area contributed by atoms with Crippen LogP contribution in [0, 0.1) is 5.92 Å². The maximum Gasteiger partial charge on any atom is 0.410 e. The van der Waals surface area contributed by atoms with Gasteiger partial charge in [0.15, 0.2) is 0 Å². The summed E-state index contributed by atoms with van der Waals surface area (Å²) in [6.45, 7) is 7.90. The lowest BCUT2D eigenvalue weighted by Gasteiger charge is -2.33. The molecule has 1 heterocycles. The number of carbonyl (C=O) groups is 1. The van der Waals surface area contributed by atoms with Gasteiger partial charge in [-0.2, -0.15) is 0 Å². The Bertz CT molecular complexity index is 549. The molecule has 1 aromatic rings. The Labute approximate surface area is 142 Å². The van der Waals surface area contributed by atoms with Crippen molar-refractivity contribution in [1.29, 1.82) is 0 Å². The number of ether oxygens (including phenoxy) is 1. The fraction of sp³-hybridized carbons (Fsp3) is 0.588. The Balaban J connectivity index is 1.76. The first-order chi connectivity index (χ1) is 10.7. The van der Waals surface area contributed by atoms with Crippen molar-refractivity contribution in [3.8, 4) is 5.75 Å². The number of nitrogens with one attached hydrogen (secondary N) is 1. The minimum absolute atomic E-state index is 0.0860. The summed E-state index contributed by atoms with van der Waals surface area (Å²) in [4.78, 5) is 13.8. The highest BCUT2D eigenvalue weighted by atomic mass is 35.5. The summed E-state index contributed by atoms with van der Waals surface area (Å²) in [6.07, 6.45) is 1.66. The topological polar surface area (TPSA) is 61.8 Å². The van der Waals surface area contributed by atoms with Gasteiger partial charge in [-0.1, -0.05) is 11.6 Å². The van der Waals surface area contributed by atoms with E-state index < -0.39 is 5.60 Å². The number of piperidine rings is 1. The van der Waals surface area contributed by atoms with Crippen LogP contribution in [0.4, 0.5) is 10.5 Å². The van der Waals surface area contributed by atoms with Gasteiger partial charge in [-0.05, 0) is 57.7 Å². The second-order valence-corrected chi connectivity index (χ2v) is 7.37. The van der Waals surface area contributed by atoms with Crippen LogP contribution in [0.2, 0.25) is 5.02 Å². The van der Waals surface area contributed by atoms with E-state index in [-0.39, 0.29) is 11.8 Å². The molecular weight excluding hydrogens is 316 g/mol. The van der Waals surface area contributed by atoms with Crippen LogP contribution in [0.1, 0.15) is 33.6 Å². The lowest BCUT2D eigenvalue weighted by Crippen LogP contribution is -2.42. The summed E-state index contributed by atoms with van der Waals surface area (Å²) in [6, 6.07) is 5.10. The largest absolute Gasteiger partial charge is 0.506 e. The average Bonchev–Trinajstić information content (AvgIpc) is 2.47. The van der Waals surface area contributed by atoms with Gasteiger partial charge in [-0.15, -0.1) is 0 Å². The van der Waals surface area contributed by atoms with Gasteiger partial charge in [0.1, 0.15) is 11.4 Å². The fourth-order valence-electron chi connectivity index (χ4n) is 2.53. The smallest absolute Gasteiger partial charge is 0.410 e. The standard InChI is InChI=1S/C17H25ClN2O3/c1-17(2,3)23-16(22)20-8-6-12(7-9-20)11-19-13-4-5-15(21)14(18)10-13/h4-5,10,12,19,21H,6-9,11H2,1-3H3. The Morgan fingerprint density at radius 3 is 2.61 bits per heavy atom. The third-order valence-electron chi connectivity index (χ3n) is 3.81. The normalized spacial score (nSPS) is 16.3. The summed E-state index contributed by atoms with van der Waals surface area (Å²) >= 11 is 5.89. The summed E-state index contributed by atoms with van der Waals surface area (Å²) in [7, 11) is 0. The molecule has 0 spiro atoms. The van der Waals surface area contributed by atoms with Crippen molar-refractivity contribution in [2.75, 3.05) is 25.0 Å². The number of aromatic hydroxyl groups is 1. The van der Waals surface area contributed by atoms with E-state index >= 15 is 0 Å².